The number of fused-ring (bicyclic) bond motifs is 2. The molecule has 23 heteroatoms. The molecule has 0 aliphatic carbocycles. The Morgan fingerprint density at radius 3 is 1.55 bits per heavy atom. The molecule has 1 amide bonds. The smallest absolute Gasteiger partial charge is 0.407 e. The SMILES string of the molecule is CCOc1cccc(Oc2nc3c(C#N)c(N4CCC[C@@H](N)C4)n(Cc4ccccc4Cl)c3c(=O)n2C)c1.CCOc1cccc(Oc2nc3c(C#N)c(N4CCC[C@@H](NC(=O)OC(C)(C)C)C4)n(Cc4ccccc4Cl)c3c(=O)n2C)c1.Cl. The fourth-order valence-electron chi connectivity index (χ4n) is 10.4. The molecule has 2 atom stereocenters. The molecule has 8 aromatic rings. The number of piperidine rings is 2. The number of ether oxygens (including phenoxy) is 5. The van der Waals surface area contributed by atoms with Gasteiger partial charge in [0.05, 0.1) is 26.3 Å². The standard InChI is InChI=1S/C33H37ClN6O5.C28H29ClN6O3.ClH/c1-6-43-23-13-9-14-24(17-23)44-31-37-27-25(18-35)29(39-16-10-12-22(20-39)36-32(42)45-33(2,3)4)40(28(27)30(41)38(31)5)19-21-11-7-8-15-26(21)34;1-3-37-20-10-6-11-21(14-20)38-28-32-24-22(15-30)26(34-13-7-9-19(31)17-34)35(25(24)27(36)33(28)2)16-18-8-4-5-12-23(18)29;/h7-9,11,13-15,17,22H,6,10,12,16,19-20H2,1-5H3,(H,36,42);4-6,8,10-12,14,19H,3,7,9,13,16-17,31H2,1-2H3;1H/t22-;19-;/m11./s1. The van der Waals surface area contributed by atoms with Crippen LogP contribution in [-0.2, 0) is 31.9 Å². The Bertz CT molecular complexity index is 3910. The number of halogens is 3. The van der Waals surface area contributed by atoms with E-state index in [-0.39, 0.29) is 76.3 Å². The Morgan fingerprint density at radius 1 is 0.679 bits per heavy atom. The molecule has 6 heterocycles. The van der Waals surface area contributed by atoms with Gasteiger partial charge in [-0.15, -0.1) is 12.4 Å². The highest BCUT2D eigenvalue weighted by atomic mass is 35.5. The molecule has 3 N–H and O–H groups in total. The zero-order valence-electron chi connectivity index (χ0n) is 47.9. The van der Waals surface area contributed by atoms with Gasteiger partial charge in [-0.25, -0.2) is 4.79 Å². The fraction of sp³-hybridized carbons (Fsp3) is 0.361. The van der Waals surface area contributed by atoms with Crippen LogP contribution in [0.4, 0.5) is 16.4 Å². The van der Waals surface area contributed by atoms with Crippen molar-refractivity contribution in [1.29, 1.82) is 10.5 Å². The molecule has 2 aliphatic rings. The van der Waals surface area contributed by atoms with Gasteiger partial charge in [-0.05, 0) is 108 Å². The zero-order chi connectivity index (χ0) is 59.1. The van der Waals surface area contributed by atoms with Crippen molar-refractivity contribution >= 4 is 75.4 Å². The molecule has 2 saturated heterocycles. The molecule has 10 rings (SSSR count). The number of carbonyl (C=O) groups is 1. The van der Waals surface area contributed by atoms with E-state index in [9.17, 15) is 24.9 Å². The number of amides is 1. The van der Waals surface area contributed by atoms with Crippen LogP contribution in [0.25, 0.3) is 22.1 Å². The number of nitrogens with one attached hydrogen (secondary N) is 1. The highest BCUT2D eigenvalue weighted by molar-refractivity contribution is 6.31. The molecule has 84 heavy (non-hydrogen) atoms. The predicted octanol–water partition coefficient (Wildman–Crippen LogP) is 10.8. The van der Waals surface area contributed by atoms with E-state index in [2.05, 4.69) is 22.4 Å². The summed E-state index contributed by atoms with van der Waals surface area (Å²) in [5.41, 5.74) is 8.18. The molecule has 2 fully saturated rings. The summed E-state index contributed by atoms with van der Waals surface area (Å²) in [6.45, 7) is 13.0. The molecule has 2 aliphatic heterocycles. The van der Waals surface area contributed by atoms with Gasteiger partial charge in [0.1, 0.15) is 85.6 Å². The van der Waals surface area contributed by atoms with E-state index in [0.29, 0.717) is 95.2 Å². The van der Waals surface area contributed by atoms with Crippen molar-refractivity contribution in [2.45, 2.75) is 91.1 Å². The maximum Gasteiger partial charge on any atom is 0.407 e. The number of aromatic nitrogens is 6. The quantitative estimate of drug-likeness (QED) is 0.0971. The molecule has 440 valence electrons. The lowest BCUT2D eigenvalue weighted by molar-refractivity contribution is 0.0499. The number of nitrogens with two attached hydrogens (primary N) is 1. The lowest BCUT2D eigenvalue weighted by Crippen LogP contribution is -2.49. The molecule has 4 aromatic carbocycles. The van der Waals surface area contributed by atoms with Crippen LogP contribution < -0.4 is 50.9 Å². The minimum atomic E-state index is -0.635. The van der Waals surface area contributed by atoms with Gasteiger partial charge in [-0.2, -0.15) is 20.5 Å². The van der Waals surface area contributed by atoms with Crippen LogP contribution in [0.1, 0.15) is 82.6 Å². The van der Waals surface area contributed by atoms with Gasteiger partial charge < -0.3 is 53.7 Å². The van der Waals surface area contributed by atoms with E-state index in [1.165, 1.54) is 9.13 Å². The van der Waals surface area contributed by atoms with Crippen molar-refractivity contribution < 1.29 is 28.5 Å². The summed E-state index contributed by atoms with van der Waals surface area (Å²) < 4.78 is 35.1. The third-order valence-corrected chi connectivity index (χ3v) is 14.8. The number of nitriles is 2. The molecule has 0 bridgehead atoms. The van der Waals surface area contributed by atoms with Gasteiger partial charge in [0.25, 0.3) is 11.1 Å². The largest absolute Gasteiger partial charge is 0.494 e. The first-order valence-corrected chi connectivity index (χ1v) is 28.2. The number of rotatable bonds is 15. The number of anilines is 2. The minimum absolute atomic E-state index is 0. The number of benzene rings is 4. The Kier molecular flexibility index (Phi) is 19.7. The van der Waals surface area contributed by atoms with Gasteiger partial charge in [0.15, 0.2) is 0 Å². The Labute approximate surface area is 502 Å². The number of alkyl carbamates (subject to hydrolysis) is 1. The molecule has 20 nitrogen and oxygen atoms in total. The summed E-state index contributed by atoms with van der Waals surface area (Å²) in [5, 5.41) is 25.0. The van der Waals surface area contributed by atoms with Crippen LogP contribution in [-0.4, -0.2) is 91.4 Å². The Balaban J connectivity index is 0.000000219. The van der Waals surface area contributed by atoms with Gasteiger partial charge in [-0.3, -0.25) is 18.7 Å². The summed E-state index contributed by atoms with van der Waals surface area (Å²) >= 11 is 13.1. The first-order chi connectivity index (χ1) is 39.9. The van der Waals surface area contributed by atoms with Gasteiger partial charge >= 0.3 is 18.1 Å². The normalized spacial score (nSPS) is 15.0. The third-order valence-electron chi connectivity index (χ3n) is 14.1. The lowest BCUT2D eigenvalue weighted by atomic mass is 10.1. The maximum atomic E-state index is 14.1. The van der Waals surface area contributed by atoms with Crippen molar-refractivity contribution in [3.05, 3.63) is 150 Å². The molecule has 0 saturated carbocycles. The second-order valence-corrected chi connectivity index (χ2v) is 22.0. The monoisotopic (exact) mass is 1200 g/mol. The van der Waals surface area contributed by atoms with Crippen molar-refractivity contribution in [3.63, 3.8) is 0 Å². The van der Waals surface area contributed by atoms with E-state index in [1.54, 1.807) is 61.1 Å². The van der Waals surface area contributed by atoms with Crippen molar-refractivity contribution in [3.8, 4) is 47.2 Å². The van der Waals surface area contributed by atoms with Crippen LogP contribution in [0.3, 0.4) is 0 Å². The highest BCUT2D eigenvalue weighted by Gasteiger charge is 2.33. The number of carbonyl (C=O) groups excluding carboxylic acids is 1. The van der Waals surface area contributed by atoms with Gasteiger partial charge in [0, 0.05) is 74.5 Å². The van der Waals surface area contributed by atoms with E-state index < -0.39 is 11.7 Å². The Hall–Kier alpha value is -8.40. The molecule has 0 radical (unpaired) electrons. The number of nitrogens with zero attached hydrogens (tertiary/aromatic N) is 10. The van der Waals surface area contributed by atoms with Crippen LogP contribution in [0.5, 0.6) is 35.0 Å². The molecule has 0 spiro atoms. The molecular weight excluding hydrogens is 1140 g/mol. The van der Waals surface area contributed by atoms with Crippen molar-refractivity contribution in [2.24, 2.45) is 19.8 Å². The number of hydrogen-bond donors (Lipinski definition) is 2. The third kappa shape index (κ3) is 13.6. The van der Waals surface area contributed by atoms with E-state index >= 15 is 0 Å². The van der Waals surface area contributed by atoms with E-state index in [0.717, 1.165) is 43.4 Å². The fourth-order valence-corrected chi connectivity index (χ4v) is 10.8. The average Bonchev–Trinajstić information content (AvgIpc) is 4.12. The lowest BCUT2D eigenvalue weighted by Gasteiger charge is -2.35. The first-order valence-electron chi connectivity index (χ1n) is 27.5. The Morgan fingerprint density at radius 2 is 1.12 bits per heavy atom. The van der Waals surface area contributed by atoms with Crippen LogP contribution >= 0.6 is 35.6 Å². The highest BCUT2D eigenvalue weighted by Crippen LogP contribution is 2.37. The van der Waals surface area contributed by atoms with Crippen LogP contribution in [0.15, 0.2) is 107 Å². The zero-order valence-corrected chi connectivity index (χ0v) is 50.2. The summed E-state index contributed by atoms with van der Waals surface area (Å²) in [4.78, 5) is 54.1. The maximum absolute atomic E-state index is 14.1. The van der Waals surface area contributed by atoms with Crippen LogP contribution in [0.2, 0.25) is 10.0 Å². The van der Waals surface area contributed by atoms with Gasteiger partial charge in [0.2, 0.25) is 0 Å². The van der Waals surface area contributed by atoms with E-state index in [1.807, 2.05) is 98.7 Å². The van der Waals surface area contributed by atoms with Crippen molar-refractivity contribution in [1.82, 2.24) is 33.6 Å². The molecule has 0 unspecified atom stereocenters. The first kappa shape index (κ1) is 61.7. The summed E-state index contributed by atoms with van der Waals surface area (Å²) in [5.74, 6) is 3.31. The minimum Gasteiger partial charge on any atom is -0.494 e. The second kappa shape index (κ2) is 26.9. The summed E-state index contributed by atoms with van der Waals surface area (Å²) in [7, 11) is 3.18. The van der Waals surface area contributed by atoms with Crippen LogP contribution in [0, 0.1) is 22.7 Å². The van der Waals surface area contributed by atoms with Gasteiger partial charge in [-0.1, -0.05) is 71.7 Å². The average molecular weight is 1200 g/mol. The molecular formula is C61H67Cl3N12O8. The summed E-state index contributed by atoms with van der Waals surface area (Å²) in [6.07, 6.45) is 2.77. The topological polar surface area (TPSA) is 235 Å². The molecule has 4 aromatic heterocycles. The second-order valence-electron chi connectivity index (χ2n) is 21.2. The summed E-state index contributed by atoms with van der Waals surface area (Å²) in [6, 6.07) is 33.5. The van der Waals surface area contributed by atoms with Crippen molar-refractivity contribution in [2.75, 3.05) is 49.2 Å². The van der Waals surface area contributed by atoms with E-state index in [4.69, 9.17) is 62.6 Å². The number of hydrogen-bond acceptors (Lipinski definition) is 15. The predicted molar refractivity (Wildman–Crippen MR) is 327 cm³/mol.